The number of aromatic carboxylic acids is 2. The van der Waals surface area contributed by atoms with Crippen LogP contribution in [-0.4, -0.2) is 42.1 Å². The molecule has 8 nitrogen and oxygen atoms in total. The third-order valence-electron chi connectivity index (χ3n) is 3.82. The maximum atomic E-state index is 12.8. The van der Waals surface area contributed by atoms with E-state index in [9.17, 15) is 37.8 Å². The molecule has 2 aromatic rings. The maximum Gasteiger partial charge on any atom is 0.336 e. The molecule has 0 aliphatic rings. The van der Waals surface area contributed by atoms with E-state index in [2.05, 4.69) is 0 Å². The van der Waals surface area contributed by atoms with Crippen molar-refractivity contribution < 1.29 is 37.8 Å². The highest BCUT2D eigenvalue weighted by atomic mass is 32.2. The standard InChI is InChI=1S/C18H14O8S/c1-9(19)13-5-3-11(7-15(13)17(21)22)27(25,26)12-4-6-14(10(2)20)16(8-12)18(23)24/h3-8H,1-2H3,(H,21,22)(H,23,24). The number of hydrogen-bond acceptors (Lipinski definition) is 6. The van der Waals surface area contributed by atoms with Gasteiger partial charge in [-0.05, 0) is 50.2 Å². The minimum absolute atomic E-state index is 0.153. The largest absolute Gasteiger partial charge is 0.478 e. The molecule has 27 heavy (non-hydrogen) atoms. The molecule has 0 heterocycles. The SMILES string of the molecule is CC(=O)c1ccc(S(=O)(=O)c2ccc(C(C)=O)c(C(=O)O)c2)cc1C(=O)O. The molecular weight excluding hydrogens is 376 g/mol. The van der Waals surface area contributed by atoms with Crippen LogP contribution in [0.3, 0.4) is 0 Å². The Kier molecular flexibility index (Phi) is 5.27. The minimum atomic E-state index is -4.29. The van der Waals surface area contributed by atoms with Gasteiger partial charge in [0, 0.05) is 11.1 Å². The van der Waals surface area contributed by atoms with Crippen molar-refractivity contribution in [3.63, 3.8) is 0 Å². The van der Waals surface area contributed by atoms with Crippen molar-refractivity contribution in [2.45, 2.75) is 23.6 Å². The first-order valence-corrected chi connectivity index (χ1v) is 8.96. The molecule has 0 atom stereocenters. The smallest absolute Gasteiger partial charge is 0.336 e. The van der Waals surface area contributed by atoms with Gasteiger partial charge in [-0.3, -0.25) is 9.59 Å². The van der Waals surface area contributed by atoms with Crippen LogP contribution in [0.15, 0.2) is 46.2 Å². The molecule has 0 unspecified atom stereocenters. The summed E-state index contributed by atoms with van der Waals surface area (Å²) in [6, 6.07) is 5.98. The lowest BCUT2D eigenvalue weighted by Crippen LogP contribution is -2.12. The van der Waals surface area contributed by atoms with Crippen LogP contribution >= 0.6 is 0 Å². The molecule has 0 radical (unpaired) electrons. The Morgan fingerprint density at radius 2 is 1.00 bits per heavy atom. The molecule has 2 rings (SSSR count). The van der Waals surface area contributed by atoms with Crippen molar-refractivity contribution in [2.24, 2.45) is 0 Å². The number of carboxylic acids is 2. The van der Waals surface area contributed by atoms with Gasteiger partial charge in [0.15, 0.2) is 11.6 Å². The van der Waals surface area contributed by atoms with Crippen molar-refractivity contribution >= 4 is 33.3 Å². The van der Waals surface area contributed by atoms with E-state index in [4.69, 9.17) is 0 Å². The van der Waals surface area contributed by atoms with Gasteiger partial charge in [-0.25, -0.2) is 18.0 Å². The van der Waals surface area contributed by atoms with Crippen molar-refractivity contribution in [3.05, 3.63) is 58.7 Å². The van der Waals surface area contributed by atoms with Gasteiger partial charge in [-0.2, -0.15) is 0 Å². The third kappa shape index (κ3) is 3.77. The number of Topliss-reactive ketones (excluding diaryl/α,β-unsaturated/α-hetero) is 2. The average Bonchev–Trinajstić information content (AvgIpc) is 2.60. The van der Waals surface area contributed by atoms with Crippen molar-refractivity contribution in [1.29, 1.82) is 0 Å². The molecular formula is C18H14O8S. The second kappa shape index (κ2) is 7.12. The minimum Gasteiger partial charge on any atom is -0.478 e. The molecule has 9 heteroatoms. The van der Waals surface area contributed by atoms with Gasteiger partial charge < -0.3 is 10.2 Å². The summed E-state index contributed by atoms with van der Waals surface area (Å²) in [4.78, 5) is 44.9. The molecule has 2 N–H and O–H groups in total. The van der Waals surface area contributed by atoms with Crippen molar-refractivity contribution in [3.8, 4) is 0 Å². The highest BCUT2D eigenvalue weighted by Gasteiger charge is 2.25. The molecule has 0 saturated heterocycles. The fourth-order valence-electron chi connectivity index (χ4n) is 2.49. The number of hydrogen-bond donors (Lipinski definition) is 2. The summed E-state index contributed by atoms with van der Waals surface area (Å²) < 4.78 is 25.6. The first-order valence-electron chi connectivity index (χ1n) is 7.48. The van der Waals surface area contributed by atoms with Crippen LogP contribution in [0.1, 0.15) is 55.3 Å². The van der Waals surface area contributed by atoms with Crippen LogP contribution in [0.4, 0.5) is 0 Å². The van der Waals surface area contributed by atoms with Crippen molar-refractivity contribution in [2.75, 3.05) is 0 Å². The summed E-state index contributed by atoms with van der Waals surface area (Å²) in [5.74, 6) is -4.04. The highest BCUT2D eigenvalue weighted by molar-refractivity contribution is 7.91. The molecule has 0 amide bonds. The summed E-state index contributed by atoms with van der Waals surface area (Å²) in [6.45, 7) is 2.30. The summed E-state index contributed by atoms with van der Waals surface area (Å²) >= 11 is 0. The number of ketones is 2. The van der Waals surface area contributed by atoms with E-state index in [1.807, 2.05) is 0 Å². The van der Waals surface area contributed by atoms with E-state index >= 15 is 0 Å². The third-order valence-corrected chi connectivity index (χ3v) is 5.57. The number of rotatable bonds is 6. The molecule has 0 bridgehead atoms. The number of carbonyl (C=O) groups excluding carboxylic acids is 2. The zero-order valence-corrected chi connectivity index (χ0v) is 15.0. The molecule has 2 aromatic carbocycles. The van der Waals surface area contributed by atoms with Crippen LogP contribution in [0.2, 0.25) is 0 Å². The molecule has 0 fully saturated rings. The Bertz CT molecular complexity index is 1010. The zero-order chi connectivity index (χ0) is 20.5. The summed E-state index contributed by atoms with van der Waals surface area (Å²) in [5, 5.41) is 18.5. The second-order valence-corrected chi connectivity index (χ2v) is 7.59. The molecule has 140 valence electrons. The number of benzene rings is 2. The Hall–Kier alpha value is -3.33. The number of carboxylic acid groups (broad SMARTS) is 2. The van der Waals surface area contributed by atoms with Crippen LogP contribution in [0, 0.1) is 0 Å². The van der Waals surface area contributed by atoms with Gasteiger partial charge in [0.1, 0.15) is 0 Å². The van der Waals surface area contributed by atoms with Crippen molar-refractivity contribution in [1.82, 2.24) is 0 Å². The first kappa shape index (κ1) is 20.0. The Balaban J connectivity index is 2.69. The number of carbonyl (C=O) groups is 4. The van der Waals surface area contributed by atoms with Gasteiger partial charge >= 0.3 is 11.9 Å². The lowest BCUT2D eigenvalue weighted by Gasteiger charge is -2.10. The molecule has 0 aliphatic heterocycles. The molecule has 0 aliphatic carbocycles. The van der Waals surface area contributed by atoms with Gasteiger partial charge in [0.05, 0.1) is 20.9 Å². The lowest BCUT2D eigenvalue weighted by molar-refractivity contribution is 0.0683. The summed E-state index contributed by atoms with van der Waals surface area (Å²) in [7, 11) is -4.29. The van der Waals surface area contributed by atoms with E-state index in [-0.39, 0.29) is 11.1 Å². The fraction of sp³-hybridized carbons (Fsp3) is 0.111. The maximum absolute atomic E-state index is 12.8. The van der Waals surface area contributed by atoms with E-state index < -0.39 is 54.3 Å². The number of sulfone groups is 1. The quantitative estimate of drug-likeness (QED) is 0.715. The van der Waals surface area contributed by atoms with E-state index in [1.165, 1.54) is 0 Å². The monoisotopic (exact) mass is 390 g/mol. The van der Waals surface area contributed by atoms with Gasteiger partial charge in [0.2, 0.25) is 9.84 Å². The topological polar surface area (TPSA) is 143 Å². The Morgan fingerprint density at radius 3 is 1.26 bits per heavy atom. The molecule has 0 saturated carbocycles. The van der Waals surface area contributed by atoms with E-state index in [0.717, 1.165) is 50.2 Å². The van der Waals surface area contributed by atoms with E-state index in [1.54, 1.807) is 0 Å². The lowest BCUT2D eigenvalue weighted by atomic mass is 10.0. The normalized spacial score (nSPS) is 11.0. The Morgan fingerprint density at radius 1 is 0.667 bits per heavy atom. The Labute approximate surface area is 154 Å². The summed E-state index contributed by atoms with van der Waals surface area (Å²) in [6.07, 6.45) is 0. The van der Waals surface area contributed by atoms with Gasteiger partial charge in [0.25, 0.3) is 0 Å². The van der Waals surface area contributed by atoms with E-state index in [0.29, 0.717) is 0 Å². The zero-order valence-electron chi connectivity index (χ0n) is 14.2. The fourth-order valence-corrected chi connectivity index (χ4v) is 3.80. The van der Waals surface area contributed by atoms with Crippen LogP contribution in [-0.2, 0) is 9.84 Å². The molecule has 0 spiro atoms. The first-order chi connectivity index (χ1) is 12.5. The van der Waals surface area contributed by atoms with Gasteiger partial charge in [-0.1, -0.05) is 0 Å². The average molecular weight is 390 g/mol. The highest BCUT2D eigenvalue weighted by Crippen LogP contribution is 2.26. The second-order valence-electron chi connectivity index (χ2n) is 5.64. The molecule has 0 aromatic heterocycles. The van der Waals surface area contributed by atoms with Gasteiger partial charge in [-0.15, -0.1) is 0 Å². The predicted octanol–water partition coefficient (Wildman–Crippen LogP) is 2.32. The summed E-state index contributed by atoms with van der Waals surface area (Å²) in [5.41, 5.74) is -1.27. The predicted molar refractivity (Wildman–Crippen MR) is 92.3 cm³/mol. The van der Waals surface area contributed by atoms with Crippen LogP contribution in [0.25, 0.3) is 0 Å². The van der Waals surface area contributed by atoms with Crippen LogP contribution < -0.4 is 0 Å². The van der Waals surface area contributed by atoms with Crippen LogP contribution in [0.5, 0.6) is 0 Å².